The van der Waals surface area contributed by atoms with Gasteiger partial charge in [-0.25, -0.2) is 0 Å². The standard InChI is InChI=1S/C14H22N2/c1-3-16-14(9-12-5-4-6-12)13-7-8-15-10-11(13)2/h7-8,10,12,14,16H,3-6,9H2,1-2H3. The fourth-order valence-electron chi connectivity index (χ4n) is 2.50. The van der Waals surface area contributed by atoms with Gasteiger partial charge in [-0.1, -0.05) is 26.2 Å². The number of nitrogens with zero attached hydrogens (tertiary/aromatic N) is 1. The Morgan fingerprint density at radius 3 is 2.88 bits per heavy atom. The van der Waals surface area contributed by atoms with Crippen molar-refractivity contribution in [2.75, 3.05) is 6.54 Å². The normalized spacial score (nSPS) is 18.1. The smallest absolute Gasteiger partial charge is 0.0326 e. The molecule has 0 radical (unpaired) electrons. The van der Waals surface area contributed by atoms with Crippen LogP contribution in [-0.2, 0) is 0 Å². The lowest BCUT2D eigenvalue weighted by molar-refractivity contribution is 0.262. The molecular weight excluding hydrogens is 196 g/mol. The summed E-state index contributed by atoms with van der Waals surface area (Å²) in [5.41, 5.74) is 2.75. The van der Waals surface area contributed by atoms with Crippen molar-refractivity contribution in [3.63, 3.8) is 0 Å². The second-order valence-corrected chi connectivity index (χ2v) is 4.88. The molecule has 2 rings (SSSR count). The maximum Gasteiger partial charge on any atom is 0.0326 e. The molecule has 1 aromatic heterocycles. The van der Waals surface area contributed by atoms with Gasteiger partial charge in [0, 0.05) is 18.4 Å². The molecule has 1 heterocycles. The van der Waals surface area contributed by atoms with Crippen molar-refractivity contribution < 1.29 is 0 Å². The first-order chi connectivity index (χ1) is 7.81. The number of rotatable bonds is 5. The molecule has 2 nitrogen and oxygen atoms in total. The molecule has 0 spiro atoms. The van der Waals surface area contributed by atoms with E-state index in [0.717, 1.165) is 12.5 Å². The zero-order valence-electron chi connectivity index (χ0n) is 10.4. The molecule has 0 aliphatic heterocycles. The van der Waals surface area contributed by atoms with Crippen molar-refractivity contribution in [2.45, 2.75) is 45.6 Å². The van der Waals surface area contributed by atoms with Gasteiger partial charge in [-0.3, -0.25) is 4.98 Å². The minimum absolute atomic E-state index is 0.526. The molecule has 1 fully saturated rings. The van der Waals surface area contributed by atoms with E-state index in [1.165, 1.54) is 36.8 Å². The van der Waals surface area contributed by atoms with E-state index < -0.39 is 0 Å². The number of aromatic nitrogens is 1. The van der Waals surface area contributed by atoms with E-state index in [1.54, 1.807) is 0 Å². The van der Waals surface area contributed by atoms with E-state index in [9.17, 15) is 0 Å². The van der Waals surface area contributed by atoms with E-state index in [-0.39, 0.29) is 0 Å². The molecule has 1 unspecified atom stereocenters. The molecule has 88 valence electrons. The summed E-state index contributed by atoms with van der Waals surface area (Å²) in [5.74, 6) is 0.941. The summed E-state index contributed by atoms with van der Waals surface area (Å²) in [4.78, 5) is 4.17. The Morgan fingerprint density at radius 2 is 2.31 bits per heavy atom. The number of nitrogens with one attached hydrogen (secondary N) is 1. The summed E-state index contributed by atoms with van der Waals surface area (Å²) in [6, 6.07) is 2.69. The van der Waals surface area contributed by atoms with Crippen molar-refractivity contribution in [1.29, 1.82) is 0 Å². The molecule has 1 atom stereocenters. The Bertz CT molecular complexity index is 331. The van der Waals surface area contributed by atoms with E-state index in [0.29, 0.717) is 6.04 Å². The van der Waals surface area contributed by atoms with Crippen LogP contribution in [0.2, 0.25) is 0 Å². The second kappa shape index (κ2) is 5.44. The first-order valence-electron chi connectivity index (χ1n) is 6.45. The van der Waals surface area contributed by atoms with Gasteiger partial charge in [0.05, 0.1) is 0 Å². The molecule has 1 N–H and O–H groups in total. The van der Waals surface area contributed by atoms with Gasteiger partial charge in [-0.15, -0.1) is 0 Å². The minimum atomic E-state index is 0.526. The van der Waals surface area contributed by atoms with E-state index in [4.69, 9.17) is 0 Å². The highest BCUT2D eigenvalue weighted by Gasteiger charge is 2.23. The fraction of sp³-hybridized carbons (Fsp3) is 0.643. The van der Waals surface area contributed by atoms with Gasteiger partial charge < -0.3 is 5.32 Å². The Labute approximate surface area is 98.5 Å². The third-order valence-electron chi connectivity index (χ3n) is 3.68. The maximum atomic E-state index is 4.17. The van der Waals surface area contributed by atoms with Gasteiger partial charge in [0.2, 0.25) is 0 Å². The highest BCUT2D eigenvalue weighted by atomic mass is 14.9. The largest absolute Gasteiger partial charge is 0.310 e. The summed E-state index contributed by atoms with van der Waals surface area (Å²) in [7, 11) is 0. The summed E-state index contributed by atoms with van der Waals surface area (Å²) >= 11 is 0. The van der Waals surface area contributed by atoms with E-state index >= 15 is 0 Å². The Kier molecular flexibility index (Phi) is 3.94. The summed E-state index contributed by atoms with van der Waals surface area (Å²) in [6.45, 7) is 5.39. The topological polar surface area (TPSA) is 24.9 Å². The van der Waals surface area contributed by atoms with Crippen molar-refractivity contribution in [3.05, 3.63) is 29.6 Å². The second-order valence-electron chi connectivity index (χ2n) is 4.88. The predicted octanol–water partition coefficient (Wildman–Crippen LogP) is 3.23. The average molecular weight is 218 g/mol. The monoisotopic (exact) mass is 218 g/mol. The van der Waals surface area contributed by atoms with Gasteiger partial charge in [0.25, 0.3) is 0 Å². The quantitative estimate of drug-likeness (QED) is 0.820. The van der Waals surface area contributed by atoms with Crippen LogP contribution in [-0.4, -0.2) is 11.5 Å². The lowest BCUT2D eigenvalue weighted by atomic mass is 9.79. The molecule has 0 saturated heterocycles. The molecular formula is C14H22N2. The third-order valence-corrected chi connectivity index (χ3v) is 3.68. The van der Waals surface area contributed by atoms with Crippen molar-refractivity contribution in [3.8, 4) is 0 Å². The molecule has 1 aliphatic rings. The minimum Gasteiger partial charge on any atom is -0.310 e. The van der Waals surface area contributed by atoms with Gasteiger partial charge in [-0.05, 0) is 43.0 Å². The Morgan fingerprint density at radius 1 is 1.50 bits per heavy atom. The van der Waals surface area contributed by atoms with Crippen LogP contribution in [0.4, 0.5) is 0 Å². The average Bonchev–Trinajstić information content (AvgIpc) is 2.23. The third kappa shape index (κ3) is 2.62. The van der Waals surface area contributed by atoms with Crippen LogP contribution in [0.25, 0.3) is 0 Å². The zero-order chi connectivity index (χ0) is 11.4. The molecule has 1 aliphatic carbocycles. The fourth-order valence-corrected chi connectivity index (χ4v) is 2.50. The zero-order valence-corrected chi connectivity index (χ0v) is 10.4. The Balaban J connectivity index is 2.08. The molecule has 1 saturated carbocycles. The van der Waals surface area contributed by atoms with Crippen LogP contribution in [0, 0.1) is 12.8 Å². The van der Waals surface area contributed by atoms with Crippen LogP contribution in [0.5, 0.6) is 0 Å². The van der Waals surface area contributed by atoms with Crippen LogP contribution in [0.15, 0.2) is 18.5 Å². The summed E-state index contributed by atoms with van der Waals surface area (Å²) in [6.07, 6.45) is 9.45. The molecule has 0 amide bonds. The highest BCUT2D eigenvalue weighted by molar-refractivity contribution is 5.25. The molecule has 0 aromatic carbocycles. The number of pyridine rings is 1. The van der Waals surface area contributed by atoms with Crippen LogP contribution >= 0.6 is 0 Å². The van der Waals surface area contributed by atoms with E-state index in [2.05, 4.69) is 30.2 Å². The maximum absolute atomic E-state index is 4.17. The van der Waals surface area contributed by atoms with Gasteiger partial charge >= 0.3 is 0 Å². The predicted molar refractivity (Wildman–Crippen MR) is 67.3 cm³/mol. The van der Waals surface area contributed by atoms with Crippen LogP contribution < -0.4 is 5.32 Å². The number of hydrogen-bond donors (Lipinski definition) is 1. The summed E-state index contributed by atoms with van der Waals surface area (Å²) < 4.78 is 0. The van der Waals surface area contributed by atoms with Crippen molar-refractivity contribution >= 4 is 0 Å². The number of aryl methyl sites for hydroxylation is 1. The van der Waals surface area contributed by atoms with Crippen LogP contribution in [0.1, 0.15) is 49.8 Å². The molecule has 16 heavy (non-hydrogen) atoms. The Hall–Kier alpha value is -0.890. The van der Waals surface area contributed by atoms with Gasteiger partial charge in [0.15, 0.2) is 0 Å². The molecule has 0 bridgehead atoms. The van der Waals surface area contributed by atoms with Gasteiger partial charge in [0.1, 0.15) is 0 Å². The van der Waals surface area contributed by atoms with Gasteiger partial charge in [-0.2, -0.15) is 0 Å². The lowest BCUT2D eigenvalue weighted by Crippen LogP contribution is -2.26. The first-order valence-corrected chi connectivity index (χ1v) is 6.45. The molecule has 2 heteroatoms. The number of hydrogen-bond acceptors (Lipinski definition) is 2. The SMILES string of the molecule is CCNC(CC1CCC1)c1ccncc1C. The van der Waals surface area contributed by atoms with Crippen molar-refractivity contribution in [2.24, 2.45) is 5.92 Å². The van der Waals surface area contributed by atoms with Crippen molar-refractivity contribution in [1.82, 2.24) is 10.3 Å². The summed E-state index contributed by atoms with van der Waals surface area (Å²) in [5, 5.41) is 3.61. The molecule has 1 aromatic rings. The van der Waals surface area contributed by atoms with E-state index in [1.807, 2.05) is 12.4 Å². The first kappa shape index (κ1) is 11.6. The lowest BCUT2D eigenvalue weighted by Gasteiger charge is -2.30. The van der Waals surface area contributed by atoms with Crippen LogP contribution in [0.3, 0.4) is 0 Å². The highest BCUT2D eigenvalue weighted by Crippen LogP contribution is 2.35.